The van der Waals surface area contributed by atoms with Gasteiger partial charge in [-0.25, -0.2) is 4.79 Å². The van der Waals surface area contributed by atoms with Crippen molar-refractivity contribution in [1.29, 1.82) is 0 Å². The van der Waals surface area contributed by atoms with E-state index in [9.17, 15) is 9.59 Å². The number of esters is 1. The van der Waals surface area contributed by atoms with Crippen molar-refractivity contribution in [2.24, 2.45) is 11.3 Å². The fourth-order valence-electron chi connectivity index (χ4n) is 2.70. The summed E-state index contributed by atoms with van der Waals surface area (Å²) in [6.07, 6.45) is 0.692. The van der Waals surface area contributed by atoms with Crippen LogP contribution in [0.15, 0.2) is 12.2 Å². The molecular weight excluding hydrogens is 270 g/mol. The van der Waals surface area contributed by atoms with Gasteiger partial charge in [-0.15, -0.1) is 0 Å². The number of nitrogens with zero attached hydrogens (tertiary/aromatic N) is 1. The molecule has 1 saturated heterocycles. The van der Waals surface area contributed by atoms with Gasteiger partial charge in [0.2, 0.25) is 6.41 Å². The zero-order valence-corrected chi connectivity index (χ0v) is 13.9. The van der Waals surface area contributed by atoms with Crippen LogP contribution in [0.1, 0.15) is 41.0 Å². The smallest absolute Gasteiger partial charge is 0.334 e. The van der Waals surface area contributed by atoms with E-state index in [4.69, 9.17) is 9.47 Å². The van der Waals surface area contributed by atoms with Crippen LogP contribution in [0.3, 0.4) is 0 Å². The summed E-state index contributed by atoms with van der Waals surface area (Å²) in [5.41, 5.74) is -0.404. The predicted molar refractivity (Wildman–Crippen MR) is 80.4 cm³/mol. The molecule has 0 aromatic rings. The first-order valence-electron chi connectivity index (χ1n) is 7.19. The van der Waals surface area contributed by atoms with Crippen LogP contribution < -0.4 is 0 Å². The molecule has 5 heteroatoms. The lowest BCUT2D eigenvalue weighted by atomic mass is 9.83. The average Bonchev–Trinajstić information content (AvgIpc) is 2.76. The first-order valence-corrected chi connectivity index (χ1v) is 7.19. The van der Waals surface area contributed by atoms with Gasteiger partial charge >= 0.3 is 5.97 Å². The SMILES string of the molecule is C=C(C)C(C)CC1(C(=O)OC)CO[C@@H](C(C)(C)C)N1C=O. The van der Waals surface area contributed by atoms with Crippen molar-refractivity contribution in [1.82, 2.24) is 4.90 Å². The number of allylic oxidation sites excluding steroid dienone is 1. The van der Waals surface area contributed by atoms with Gasteiger partial charge in [-0.3, -0.25) is 9.69 Å². The van der Waals surface area contributed by atoms with Crippen molar-refractivity contribution in [3.63, 3.8) is 0 Å². The predicted octanol–water partition coefficient (Wildman–Crippen LogP) is 2.36. The molecule has 1 rings (SSSR count). The molecule has 0 N–H and O–H groups in total. The zero-order chi connectivity index (χ0) is 16.4. The van der Waals surface area contributed by atoms with Crippen molar-refractivity contribution in [2.45, 2.75) is 52.8 Å². The topological polar surface area (TPSA) is 55.8 Å². The van der Waals surface area contributed by atoms with Crippen molar-refractivity contribution >= 4 is 12.4 Å². The van der Waals surface area contributed by atoms with Crippen LogP contribution in [0.4, 0.5) is 0 Å². The number of carbonyl (C=O) groups is 2. The maximum Gasteiger partial charge on any atom is 0.334 e. The first-order chi connectivity index (χ1) is 9.60. The maximum absolute atomic E-state index is 12.4. The Hall–Kier alpha value is -1.36. The fraction of sp³-hybridized carbons (Fsp3) is 0.750. The molecule has 1 aliphatic heterocycles. The lowest BCUT2D eigenvalue weighted by Gasteiger charge is -2.39. The molecule has 1 amide bonds. The summed E-state index contributed by atoms with van der Waals surface area (Å²) in [6, 6.07) is 0. The van der Waals surface area contributed by atoms with Crippen molar-refractivity contribution < 1.29 is 19.1 Å². The molecule has 1 fully saturated rings. The second-order valence-electron chi connectivity index (χ2n) is 7.02. The minimum atomic E-state index is -1.08. The Kier molecular flexibility index (Phi) is 5.20. The molecule has 0 bridgehead atoms. The summed E-state index contributed by atoms with van der Waals surface area (Å²) in [5.74, 6) is -0.358. The summed E-state index contributed by atoms with van der Waals surface area (Å²) in [6.45, 7) is 13.9. The Morgan fingerprint density at radius 2 is 2.14 bits per heavy atom. The fourth-order valence-corrected chi connectivity index (χ4v) is 2.70. The largest absolute Gasteiger partial charge is 0.467 e. The van der Waals surface area contributed by atoms with Gasteiger partial charge in [0.05, 0.1) is 13.7 Å². The van der Waals surface area contributed by atoms with Crippen molar-refractivity contribution in [3.05, 3.63) is 12.2 Å². The van der Waals surface area contributed by atoms with E-state index >= 15 is 0 Å². The molecule has 21 heavy (non-hydrogen) atoms. The molecule has 0 aliphatic carbocycles. The van der Waals surface area contributed by atoms with Gasteiger partial charge in [-0.2, -0.15) is 0 Å². The van der Waals surface area contributed by atoms with E-state index in [0.717, 1.165) is 5.57 Å². The van der Waals surface area contributed by atoms with Crippen LogP contribution in [0.5, 0.6) is 0 Å². The highest BCUT2D eigenvalue weighted by atomic mass is 16.5. The number of hydrogen-bond donors (Lipinski definition) is 0. The van der Waals surface area contributed by atoms with Gasteiger partial charge in [0.15, 0.2) is 5.54 Å². The standard InChI is InChI=1S/C16H27NO4/c1-11(2)12(3)8-16(14(19)20-7)9-21-13(15(4,5)6)17(16)10-18/h10,12-13H,1,8-9H2,2-7H3/t12?,13-,16?/m0/s1. The van der Waals surface area contributed by atoms with Crippen LogP contribution >= 0.6 is 0 Å². The maximum atomic E-state index is 12.4. The van der Waals surface area contributed by atoms with Crippen LogP contribution in [-0.2, 0) is 19.1 Å². The van der Waals surface area contributed by atoms with Crippen LogP contribution in [0.2, 0.25) is 0 Å². The number of hydrogen-bond acceptors (Lipinski definition) is 4. The molecule has 2 unspecified atom stereocenters. The third-order valence-electron chi connectivity index (χ3n) is 4.13. The third kappa shape index (κ3) is 3.28. The number of rotatable bonds is 5. The molecule has 0 aromatic carbocycles. The van der Waals surface area contributed by atoms with Crippen molar-refractivity contribution in [2.75, 3.05) is 13.7 Å². The van der Waals surface area contributed by atoms with E-state index in [1.165, 1.54) is 12.0 Å². The molecule has 0 radical (unpaired) electrons. The van der Waals surface area contributed by atoms with Gasteiger partial charge in [-0.05, 0) is 19.3 Å². The molecule has 120 valence electrons. The van der Waals surface area contributed by atoms with Crippen LogP contribution in [0, 0.1) is 11.3 Å². The highest BCUT2D eigenvalue weighted by Gasteiger charge is 2.56. The van der Waals surface area contributed by atoms with E-state index < -0.39 is 17.7 Å². The molecule has 0 saturated carbocycles. The van der Waals surface area contributed by atoms with Gasteiger partial charge in [0, 0.05) is 5.41 Å². The minimum absolute atomic E-state index is 0.0777. The van der Waals surface area contributed by atoms with E-state index in [1.807, 2.05) is 34.6 Å². The lowest BCUT2D eigenvalue weighted by Crippen LogP contribution is -2.57. The van der Waals surface area contributed by atoms with Crippen LogP contribution in [0.25, 0.3) is 0 Å². The highest BCUT2D eigenvalue weighted by molar-refractivity contribution is 5.84. The zero-order valence-electron chi connectivity index (χ0n) is 13.9. The summed E-state index contributed by atoms with van der Waals surface area (Å²) in [7, 11) is 1.34. The van der Waals surface area contributed by atoms with Gasteiger partial charge in [-0.1, -0.05) is 39.8 Å². The van der Waals surface area contributed by atoms with Crippen LogP contribution in [-0.4, -0.2) is 42.8 Å². The quantitative estimate of drug-likeness (QED) is 0.444. The minimum Gasteiger partial charge on any atom is -0.467 e. The Labute approximate surface area is 127 Å². The van der Waals surface area contributed by atoms with E-state index in [1.54, 1.807) is 0 Å². The summed E-state index contributed by atoms with van der Waals surface area (Å²) in [4.78, 5) is 25.6. The lowest BCUT2D eigenvalue weighted by molar-refractivity contribution is -0.159. The Morgan fingerprint density at radius 3 is 2.52 bits per heavy atom. The monoisotopic (exact) mass is 297 g/mol. The van der Waals surface area contributed by atoms with Gasteiger partial charge in [0.1, 0.15) is 6.23 Å². The Morgan fingerprint density at radius 1 is 1.57 bits per heavy atom. The Balaban J connectivity index is 3.22. The average molecular weight is 297 g/mol. The normalized spacial score (nSPS) is 27.3. The molecule has 1 aliphatic rings. The second kappa shape index (κ2) is 6.18. The van der Waals surface area contributed by atoms with Crippen molar-refractivity contribution in [3.8, 4) is 0 Å². The number of amides is 1. The van der Waals surface area contributed by atoms with E-state index in [0.29, 0.717) is 12.8 Å². The van der Waals surface area contributed by atoms with Gasteiger partial charge in [0.25, 0.3) is 0 Å². The molecular formula is C16H27NO4. The number of ether oxygens (including phenoxy) is 2. The summed E-state index contributed by atoms with van der Waals surface area (Å²) < 4.78 is 10.8. The highest BCUT2D eigenvalue weighted by Crippen LogP contribution is 2.40. The molecule has 0 aromatic heterocycles. The van der Waals surface area contributed by atoms with Gasteiger partial charge < -0.3 is 9.47 Å². The molecule has 1 heterocycles. The van der Waals surface area contributed by atoms with E-state index in [-0.39, 0.29) is 17.9 Å². The first kappa shape index (κ1) is 17.7. The number of methoxy groups -OCH3 is 1. The molecule has 0 spiro atoms. The third-order valence-corrected chi connectivity index (χ3v) is 4.13. The number of carbonyl (C=O) groups excluding carboxylic acids is 2. The van der Waals surface area contributed by atoms with E-state index in [2.05, 4.69) is 6.58 Å². The molecule has 5 nitrogen and oxygen atoms in total. The summed E-state index contributed by atoms with van der Waals surface area (Å²) in [5, 5.41) is 0. The Bertz CT molecular complexity index is 426. The summed E-state index contributed by atoms with van der Waals surface area (Å²) >= 11 is 0. The molecule has 3 atom stereocenters. The second-order valence-corrected chi connectivity index (χ2v) is 7.02.